The lowest BCUT2D eigenvalue weighted by Gasteiger charge is -2.36. The lowest BCUT2D eigenvalue weighted by Crippen LogP contribution is -2.43. The standard InChI is InChI=1S/C19H24N4OS/c1-12-4-6-14(7-5-12)23(15-8-9-15)19(24)16-13(2)22-18(25-16)17-20-10-3-11-21-17/h3,10-12,14-15H,4-9H2,1-2H3. The molecule has 0 atom stereocenters. The molecule has 2 aromatic heterocycles. The fourth-order valence-corrected chi connectivity index (χ4v) is 4.68. The molecule has 2 heterocycles. The van der Waals surface area contributed by atoms with Crippen LogP contribution in [0.15, 0.2) is 18.5 Å². The van der Waals surface area contributed by atoms with E-state index in [1.165, 1.54) is 24.2 Å². The summed E-state index contributed by atoms with van der Waals surface area (Å²) in [5.74, 6) is 1.55. The third-order valence-electron chi connectivity index (χ3n) is 5.30. The highest BCUT2D eigenvalue weighted by Gasteiger charge is 2.40. The van der Waals surface area contributed by atoms with E-state index in [1.54, 1.807) is 18.5 Å². The zero-order chi connectivity index (χ0) is 17.4. The number of rotatable bonds is 4. The summed E-state index contributed by atoms with van der Waals surface area (Å²) >= 11 is 1.43. The van der Waals surface area contributed by atoms with Gasteiger partial charge in [-0.1, -0.05) is 6.92 Å². The van der Waals surface area contributed by atoms with E-state index >= 15 is 0 Å². The Bertz CT molecular complexity index is 748. The SMILES string of the molecule is Cc1nc(-c2ncccn2)sc1C(=O)N(C1CCC(C)CC1)C1CC1. The number of hydrogen-bond acceptors (Lipinski definition) is 5. The van der Waals surface area contributed by atoms with Crippen molar-refractivity contribution in [3.05, 3.63) is 29.0 Å². The first-order chi connectivity index (χ1) is 12.1. The highest BCUT2D eigenvalue weighted by Crippen LogP contribution is 2.38. The number of thiazole rings is 1. The summed E-state index contributed by atoms with van der Waals surface area (Å²) < 4.78 is 0. The number of aryl methyl sites for hydroxylation is 1. The van der Waals surface area contributed by atoms with E-state index in [1.807, 2.05) is 6.92 Å². The average molecular weight is 356 g/mol. The van der Waals surface area contributed by atoms with E-state index in [4.69, 9.17) is 0 Å². The third kappa shape index (κ3) is 3.45. The van der Waals surface area contributed by atoms with E-state index in [9.17, 15) is 4.79 Å². The maximum absolute atomic E-state index is 13.3. The van der Waals surface area contributed by atoms with Crippen molar-refractivity contribution >= 4 is 17.2 Å². The minimum absolute atomic E-state index is 0.166. The fourth-order valence-electron chi connectivity index (χ4n) is 3.72. The summed E-state index contributed by atoms with van der Waals surface area (Å²) in [7, 11) is 0. The smallest absolute Gasteiger partial charge is 0.266 e. The zero-order valence-corrected chi connectivity index (χ0v) is 15.6. The molecule has 0 aromatic carbocycles. The molecule has 5 nitrogen and oxygen atoms in total. The predicted molar refractivity (Wildman–Crippen MR) is 98.5 cm³/mol. The van der Waals surface area contributed by atoms with E-state index in [2.05, 4.69) is 26.8 Å². The Labute approximate surface area is 152 Å². The van der Waals surface area contributed by atoms with E-state index in [-0.39, 0.29) is 5.91 Å². The Balaban J connectivity index is 1.59. The Morgan fingerprint density at radius 3 is 2.28 bits per heavy atom. The molecule has 25 heavy (non-hydrogen) atoms. The molecule has 4 rings (SSSR count). The third-order valence-corrected chi connectivity index (χ3v) is 6.44. The first-order valence-electron chi connectivity index (χ1n) is 9.21. The highest BCUT2D eigenvalue weighted by atomic mass is 32.1. The molecule has 0 aliphatic heterocycles. The van der Waals surface area contributed by atoms with Gasteiger partial charge in [0.1, 0.15) is 4.88 Å². The van der Waals surface area contributed by atoms with E-state index < -0.39 is 0 Å². The summed E-state index contributed by atoms with van der Waals surface area (Å²) in [4.78, 5) is 29.4. The van der Waals surface area contributed by atoms with Gasteiger partial charge in [0.25, 0.3) is 5.91 Å². The van der Waals surface area contributed by atoms with Gasteiger partial charge in [-0.25, -0.2) is 15.0 Å². The molecule has 0 radical (unpaired) electrons. The monoisotopic (exact) mass is 356 g/mol. The van der Waals surface area contributed by atoms with Crippen molar-refractivity contribution in [2.75, 3.05) is 0 Å². The van der Waals surface area contributed by atoms with Gasteiger partial charge in [0.15, 0.2) is 10.8 Å². The molecule has 0 bridgehead atoms. The summed E-state index contributed by atoms with van der Waals surface area (Å²) in [5.41, 5.74) is 0.798. The van der Waals surface area contributed by atoms with Gasteiger partial charge in [-0.15, -0.1) is 11.3 Å². The summed E-state index contributed by atoms with van der Waals surface area (Å²) in [6.07, 6.45) is 10.4. The molecule has 0 spiro atoms. The minimum atomic E-state index is 0.166. The summed E-state index contributed by atoms with van der Waals surface area (Å²) in [6.45, 7) is 4.24. The van der Waals surface area contributed by atoms with Crippen molar-refractivity contribution in [1.82, 2.24) is 19.9 Å². The first-order valence-corrected chi connectivity index (χ1v) is 10.0. The van der Waals surface area contributed by atoms with Crippen LogP contribution < -0.4 is 0 Å². The van der Waals surface area contributed by atoms with Crippen LogP contribution in [-0.2, 0) is 0 Å². The maximum Gasteiger partial charge on any atom is 0.266 e. The lowest BCUT2D eigenvalue weighted by atomic mass is 9.86. The fraction of sp³-hybridized carbons (Fsp3) is 0.579. The van der Waals surface area contributed by atoms with E-state index in [0.29, 0.717) is 17.9 Å². The largest absolute Gasteiger partial charge is 0.332 e. The Kier molecular flexibility index (Phi) is 4.54. The Morgan fingerprint density at radius 2 is 1.68 bits per heavy atom. The molecule has 0 saturated heterocycles. The Hall–Kier alpha value is -1.82. The predicted octanol–water partition coefficient (Wildman–Crippen LogP) is 4.09. The van der Waals surface area contributed by atoms with Gasteiger partial charge in [0.2, 0.25) is 0 Å². The van der Waals surface area contributed by atoms with Crippen molar-refractivity contribution in [2.45, 2.75) is 64.5 Å². The zero-order valence-electron chi connectivity index (χ0n) is 14.8. The molecular formula is C19H24N4OS. The van der Waals surface area contributed by atoms with Crippen LogP contribution in [0.3, 0.4) is 0 Å². The molecule has 0 N–H and O–H groups in total. The molecule has 132 valence electrons. The molecule has 1 amide bonds. The summed E-state index contributed by atoms with van der Waals surface area (Å²) in [6, 6.07) is 2.62. The van der Waals surface area contributed by atoms with Gasteiger partial charge in [-0.2, -0.15) is 0 Å². The number of carbonyl (C=O) groups is 1. The maximum atomic E-state index is 13.3. The first kappa shape index (κ1) is 16.6. The topological polar surface area (TPSA) is 59.0 Å². The quantitative estimate of drug-likeness (QED) is 0.828. The van der Waals surface area contributed by atoms with E-state index in [0.717, 1.165) is 47.2 Å². The van der Waals surface area contributed by atoms with Gasteiger partial charge >= 0.3 is 0 Å². The second kappa shape index (κ2) is 6.83. The molecule has 2 saturated carbocycles. The van der Waals surface area contributed by atoms with Crippen LogP contribution in [-0.4, -0.2) is 37.8 Å². The van der Waals surface area contributed by atoms with Crippen LogP contribution in [0.1, 0.15) is 60.8 Å². The molecule has 2 aliphatic rings. The number of amides is 1. The summed E-state index contributed by atoms with van der Waals surface area (Å²) in [5, 5.41) is 0.731. The normalized spacial score (nSPS) is 23.4. The second-order valence-electron chi connectivity index (χ2n) is 7.36. The van der Waals surface area contributed by atoms with Crippen LogP contribution in [0.4, 0.5) is 0 Å². The van der Waals surface area contributed by atoms with Crippen molar-refractivity contribution in [3.8, 4) is 10.8 Å². The van der Waals surface area contributed by atoms with Crippen molar-refractivity contribution < 1.29 is 4.79 Å². The highest BCUT2D eigenvalue weighted by molar-refractivity contribution is 7.17. The van der Waals surface area contributed by atoms with Crippen LogP contribution in [0.25, 0.3) is 10.8 Å². The number of hydrogen-bond donors (Lipinski definition) is 0. The number of aromatic nitrogens is 3. The minimum Gasteiger partial charge on any atom is -0.332 e. The molecule has 2 fully saturated rings. The van der Waals surface area contributed by atoms with Gasteiger partial charge in [0, 0.05) is 24.5 Å². The molecule has 6 heteroatoms. The number of carbonyl (C=O) groups excluding carboxylic acids is 1. The lowest BCUT2D eigenvalue weighted by molar-refractivity contribution is 0.0597. The van der Waals surface area contributed by atoms with Crippen LogP contribution in [0.5, 0.6) is 0 Å². The van der Waals surface area contributed by atoms with Gasteiger partial charge in [0.05, 0.1) is 5.69 Å². The molecule has 0 unspecified atom stereocenters. The van der Waals surface area contributed by atoms with Crippen molar-refractivity contribution in [3.63, 3.8) is 0 Å². The number of nitrogens with zero attached hydrogens (tertiary/aromatic N) is 4. The van der Waals surface area contributed by atoms with Crippen LogP contribution in [0, 0.1) is 12.8 Å². The Morgan fingerprint density at radius 1 is 1.08 bits per heavy atom. The van der Waals surface area contributed by atoms with Crippen LogP contribution >= 0.6 is 11.3 Å². The molecular weight excluding hydrogens is 332 g/mol. The van der Waals surface area contributed by atoms with Crippen molar-refractivity contribution in [1.29, 1.82) is 0 Å². The van der Waals surface area contributed by atoms with Crippen LogP contribution in [0.2, 0.25) is 0 Å². The second-order valence-corrected chi connectivity index (χ2v) is 8.36. The van der Waals surface area contributed by atoms with Crippen molar-refractivity contribution in [2.24, 2.45) is 5.92 Å². The molecule has 2 aromatic rings. The van der Waals surface area contributed by atoms with Gasteiger partial charge in [-0.3, -0.25) is 4.79 Å². The van der Waals surface area contributed by atoms with Gasteiger partial charge < -0.3 is 4.90 Å². The van der Waals surface area contributed by atoms with Gasteiger partial charge in [-0.05, 0) is 57.4 Å². The molecule has 2 aliphatic carbocycles. The average Bonchev–Trinajstić information content (AvgIpc) is 3.38.